The average molecular weight is 318 g/mol. The molecule has 1 aromatic carbocycles. The van der Waals surface area contributed by atoms with Crippen molar-refractivity contribution in [1.29, 1.82) is 0 Å². The average Bonchev–Trinajstić information content (AvgIpc) is 3.06. The Bertz CT molecular complexity index is 582. The van der Waals surface area contributed by atoms with Crippen molar-refractivity contribution in [3.8, 4) is 11.5 Å². The van der Waals surface area contributed by atoms with Crippen LogP contribution in [0, 0.1) is 0 Å². The fourth-order valence-electron chi connectivity index (χ4n) is 2.87. The van der Waals surface area contributed by atoms with Crippen molar-refractivity contribution in [3.63, 3.8) is 0 Å². The number of carbonyl (C=O) groups excluding carboxylic acids is 2. The number of likely N-dealkylation sites (tertiary alicyclic amines) is 1. The molecule has 0 aliphatic carbocycles. The van der Waals surface area contributed by atoms with Crippen molar-refractivity contribution in [2.75, 3.05) is 26.4 Å². The fourth-order valence-corrected chi connectivity index (χ4v) is 2.87. The smallest absolute Gasteiger partial charge is 0.241 e. The van der Waals surface area contributed by atoms with Gasteiger partial charge in [-0.3, -0.25) is 9.59 Å². The molecule has 0 saturated carbocycles. The van der Waals surface area contributed by atoms with Gasteiger partial charge in [0.1, 0.15) is 0 Å². The third-order valence-electron chi connectivity index (χ3n) is 4.22. The molecule has 0 radical (unpaired) electrons. The van der Waals surface area contributed by atoms with Gasteiger partial charge in [0.15, 0.2) is 11.5 Å². The predicted octanol–water partition coefficient (Wildman–Crippen LogP) is 1.48. The molecule has 1 N–H and O–H groups in total. The molecule has 2 aliphatic rings. The quantitative estimate of drug-likeness (QED) is 0.893. The van der Waals surface area contributed by atoms with Gasteiger partial charge in [0.25, 0.3) is 0 Å². The van der Waals surface area contributed by atoms with E-state index in [4.69, 9.17) is 9.47 Å². The molecular formula is C17H22N2O4. The lowest BCUT2D eigenvalue weighted by molar-refractivity contribution is -0.133. The van der Waals surface area contributed by atoms with Crippen LogP contribution in [-0.2, 0) is 16.0 Å². The number of rotatable bonds is 5. The van der Waals surface area contributed by atoms with Gasteiger partial charge in [-0.1, -0.05) is 6.07 Å². The number of hydrogen-bond acceptors (Lipinski definition) is 4. The number of fused-ring (bicyclic) bond motifs is 1. The van der Waals surface area contributed by atoms with E-state index in [1.165, 1.54) is 6.42 Å². The van der Waals surface area contributed by atoms with E-state index in [9.17, 15) is 9.59 Å². The number of carbonyl (C=O) groups is 2. The highest BCUT2D eigenvalue weighted by molar-refractivity contribution is 5.84. The second-order valence-corrected chi connectivity index (χ2v) is 5.91. The van der Waals surface area contributed by atoms with Crippen LogP contribution in [0.1, 0.15) is 31.2 Å². The number of hydrogen-bond donors (Lipinski definition) is 1. The van der Waals surface area contributed by atoms with Gasteiger partial charge >= 0.3 is 0 Å². The summed E-state index contributed by atoms with van der Waals surface area (Å²) in [5.41, 5.74) is 1.02. The van der Waals surface area contributed by atoms with Gasteiger partial charge in [0.05, 0.1) is 6.54 Å². The van der Waals surface area contributed by atoms with Crippen molar-refractivity contribution >= 4 is 11.8 Å². The van der Waals surface area contributed by atoms with Crippen molar-refractivity contribution in [2.24, 2.45) is 0 Å². The van der Waals surface area contributed by atoms with Gasteiger partial charge in [0.2, 0.25) is 18.6 Å². The van der Waals surface area contributed by atoms with Crippen molar-refractivity contribution in [2.45, 2.75) is 32.1 Å². The zero-order valence-electron chi connectivity index (χ0n) is 13.2. The lowest BCUT2D eigenvalue weighted by Gasteiger charge is -2.26. The highest BCUT2D eigenvalue weighted by Crippen LogP contribution is 2.32. The minimum atomic E-state index is -0.104. The van der Waals surface area contributed by atoms with E-state index in [1.807, 2.05) is 23.1 Å². The van der Waals surface area contributed by atoms with Gasteiger partial charge in [0, 0.05) is 19.5 Å². The van der Waals surface area contributed by atoms with Gasteiger partial charge in [-0.05, 0) is 43.4 Å². The van der Waals surface area contributed by atoms with Crippen molar-refractivity contribution < 1.29 is 19.1 Å². The Morgan fingerprint density at radius 2 is 1.87 bits per heavy atom. The second kappa shape index (κ2) is 7.35. The molecule has 0 unspecified atom stereocenters. The molecule has 2 aliphatic heterocycles. The Labute approximate surface area is 135 Å². The molecule has 124 valence electrons. The van der Waals surface area contributed by atoms with Crippen LogP contribution in [-0.4, -0.2) is 43.1 Å². The summed E-state index contributed by atoms with van der Waals surface area (Å²) < 4.78 is 10.6. The van der Waals surface area contributed by atoms with Crippen LogP contribution in [0.15, 0.2) is 18.2 Å². The van der Waals surface area contributed by atoms with E-state index in [0.717, 1.165) is 43.0 Å². The lowest BCUT2D eigenvalue weighted by Crippen LogP contribution is -2.42. The molecule has 2 heterocycles. The SMILES string of the molecule is O=C(CCc1ccc2c(c1)OCO2)NCC(=O)N1CCCCC1. The molecule has 23 heavy (non-hydrogen) atoms. The van der Waals surface area contributed by atoms with Gasteiger partial charge < -0.3 is 19.7 Å². The normalized spacial score (nSPS) is 16.3. The number of aryl methyl sites for hydroxylation is 1. The molecule has 1 fully saturated rings. The number of amides is 2. The molecule has 6 nitrogen and oxygen atoms in total. The zero-order chi connectivity index (χ0) is 16.1. The summed E-state index contributed by atoms with van der Waals surface area (Å²) in [5.74, 6) is 1.38. The Kier molecular flexibility index (Phi) is 5.00. The minimum Gasteiger partial charge on any atom is -0.454 e. The largest absolute Gasteiger partial charge is 0.454 e. The topological polar surface area (TPSA) is 67.9 Å². The standard InChI is InChI=1S/C17H22N2O4/c20-16(18-11-17(21)19-8-2-1-3-9-19)7-5-13-4-6-14-15(10-13)23-12-22-14/h4,6,10H,1-3,5,7-9,11-12H2,(H,18,20). The van der Waals surface area contributed by atoms with Gasteiger partial charge in [-0.2, -0.15) is 0 Å². The number of nitrogens with one attached hydrogen (secondary N) is 1. The molecule has 6 heteroatoms. The van der Waals surface area contributed by atoms with Crippen LogP contribution in [0.2, 0.25) is 0 Å². The maximum absolute atomic E-state index is 12.0. The molecule has 0 atom stereocenters. The molecule has 0 spiro atoms. The first kappa shape index (κ1) is 15.6. The summed E-state index contributed by atoms with van der Waals surface area (Å²) >= 11 is 0. The molecule has 0 bridgehead atoms. The van der Waals surface area contributed by atoms with Crippen LogP contribution < -0.4 is 14.8 Å². The van der Waals surface area contributed by atoms with Crippen LogP contribution in [0.3, 0.4) is 0 Å². The number of piperidine rings is 1. The molecular weight excluding hydrogens is 296 g/mol. The molecule has 1 saturated heterocycles. The summed E-state index contributed by atoms with van der Waals surface area (Å²) in [6.07, 6.45) is 4.27. The summed E-state index contributed by atoms with van der Waals surface area (Å²) in [6.45, 7) is 1.97. The monoisotopic (exact) mass is 318 g/mol. The third kappa shape index (κ3) is 4.15. The summed E-state index contributed by atoms with van der Waals surface area (Å²) in [6, 6.07) is 5.68. The van der Waals surface area contributed by atoms with Crippen LogP contribution in [0.5, 0.6) is 11.5 Å². The summed E-state index contributed by atoms with van der Waals surface area (Å²) in [4.78, 5) is 25.7. The van der Waals surface area contributed by atoms with E-state index < -0.39 is 0 Å². The Morgan fingerprint density at radius 3 is 2.70 bits per heavy atom. The summed E-state index contributed by atoms with van der Waals surface area (Å²) in [7, 11) is 0. The fraction of sp³-hybridized carbons (Fsp3) is 0.529. The first-order valence-electron chi connectivity index (χ1n) is 8.15. The first-order chi connectivity index (χ1) is 11.2. The first-order valence-corrected chi connectivity index (χ1v) is 8.15. The maximum atomic E-state index is 12.0. The Morgan fingerprint density at radius 1 is 1.09 bits per heavy atom. The highest BCUT2D eigenvalue weighted by Gasteiger charge is 2.17. The highest BCUT2D eigenvalue weighted by atomic mass is 16.7. The van der Waals surface area contributed by atoms with E-state index in [-0.39, 0.29) is 25.2 Å². The molecule has 0 aromatic heterocycles. The lowest BCUT2D eigenvalue weighted by atomic mass is 10.1. The van der Waals surface area contributed by atoms with E-state index in [0.29, 0.717) is 12.8 Å². The molecule has 3 rings (SSSR count). The number of nitrogens with zero attached hydrogens (tertiary/aromatic N) is 1. The van der Waals surface area contributed by atoms with Crippen LogP contribution in [0.4, 0.5) is 0 Å². The Hall–Kier alpha value is -2.24. The van der Waals surface area contributed by atoms with E-state index in [2.05, 4.69) is 5.32 Å². The number of benzene rings is 1. The van der Waals surface area contributed by atoms with E-state index >= 15 is 0 Å². The van der Waals surface area contributed by atoms with Crippen molar-refractivity contribution in [3.05, 3.63) is 23.8 Å². The zero-order valence-corrected chi connectivity index (χ0v) is 13.2. The van der Waals surface area contributed by atoms with Crippen molar-refractivity contribution in [1.82, 2.24) is 10.2 Å². The van der Waals surface area contributed by atoms with Gasteiger partial charge in [-0.25, -0.2) is 0 Å². The Balaban J connectivity index is 1.40. The van der Waals surface area contributed by atoms with Crippen LogP contribution in [0.25, 0.3) is 0 Å². The third-order valence-corrected chi connectivity index (χ3v) is 4.22. The van der Waals surface area contributed by atoms with Gasteiger partial charge in [-0.15, -0.1) is 0 Å². The molecule has 1 aromatic rings. The van der Waals surface area contributed by atoms with E-state index in [1.54, 1.807) is 0 Å². The minimum absolute atomic E-state index is 0.0149. The molecule has 2 amide bonds. The van der Waals surface area contributed by atoms with Crippen LogP contribution >= 0.6 is 0 Å². The predicted molar refractivity (Wildman–Crippen MR) is 84.3 cm³/mol. The number of ether oxygens (including phenoxy) is 2. The second-order valence-electron chi connectivity index (χ2n) is 5.91. The maximum Gasteiger partial charge on any atom is 0.241 e. The summed E-state index contributed by atoms with van der Waals surface area (Å²) in [5, 5.41) is 2.72.